The molecule has 0 bridgehead atoms. The maximum Gasteiger partial charge on any atom is 0.116 e. The van der Waals surface area contributed by atoms with Crippen LogP contribution in [0.5, 0.6) is 0 Å². The Labute approximate surface area is 204 Å². The van der Waals surface area contributed by atoms with Gasteiger partial charge in [0.15, 0.2) is 0 Å². The van der Waals surface area contributed by atoms with Crippen molar-refractivity contribution in [2.75, 3.05) is 0 Å². The molecule has 32 heavy (non-hydrogen) atoms. The van der Waals surface area contributed by atoms with E-state index in [-0.39, 0.29) is 0 Å². The first-order valence-corrected chi connectivity index (χ1v) is 11.8. The highest BCUT2D eigenvalue weighted by molar-refractivity contribution is 9.11. The van der Waals surface area contributed by atoms with E-state index >= 15 is 0 Å². The fourth-order valence-electron chi connectivity index (χ4n) is 3.70. The van der Waals surface area contributed by atoms with Gasteiger partial charge in [0.2, 0.25) is 0 Å². The Morgan fingerprint density at radius 2 is 0.812 bits per heavy atom. The minimum atomic E-state index is 0.906. The highest BCUT2D eigenvalue weighted by Gasteiger charge is 2.08. The first-order chi connectivity index (χ1) is 15.7. The summed E-state index contributed by atoms with van der Waals surface area (Å²) in [6.45, 7) is 0. The largest absolute Gasteiger partial charge is 0.236 e. The average Bonchev–Trinajstić information content (AvgIpc) is 2.85. The molecule has 0 N–H and O–H groups in total. The van der Waals surface area contributed by atoms with Crippen molar-refractivity contribution in [1.29, 1.82) is 0 Å². The third kappa shape index (κ3) is 4.29. The highest BCUT2D eigenvalue weighted by atomic mass is 79.9. The summed E-state index contributed by atoms with van der Waals surface area (Å²) >= 11 is 7.26. The maximum atomic E-state index is 4.51. The van der Waals surface area contributed by atoms with Crippen LogP contribution in [0, 0.1) is 0 Å². The predicted molar refractivity (Wildman–Crippen MR) is 139 cm³/mol. The molecule has 0 atom stereocenters. The first-order valence-electron chi connectivity index (χ1n) is 10.2. The van der Waals surface area contributed by atoms with Crippen molar-refractivity contribution in [2.45, 2.75) is 0 Å². The minimum absolute atomic E-state index is 0.906. The fraction of sp³-hybridized carbons (Fsp3) is 0. The lowest BCUT2D eigenvalue weighted by molar-refractivity contribution is 1.18. The number of rotatable bonds is 4. The molecule has 0 spiro atoms. The van der Waals surface area contributed by atoms with Crippen LogP contribution in [0.15, 0.2) is 118 Å². The van der Waals surface area contributed by atoms with Crippen molar-refractivity contribution in [1.82, 2.24) is 9.97 Å². The van der Waals surface area contributed by atoms with E-state index in [1.165, 1.54) is 11.1 Å². The number of hydrogen-bond donors (Lipinski definition) is 0. The molecule has 2 nitrogen and oxygen atoms in total. The van der Waals surface area contributed by atoms with Crippen molar-refractivity contribution >= 4 is 31.9 Å². The van der Waals surface area contributed by atoms with E-state index in [9.17, 15) is 0 Å². The second-order valence-corrected chi connectivity index (χ2v) is 9.11. The van der Waals surface area contributed by atoms with Crippen LogP contribution in [-0.2, 0) is 0 Å². The Morgan fingerprint density at radius 3 is 1.22 bits per heavy atom. The Hall–Kier alpha value is -3.08. The van der Waals surface area contributed by atoms with Crippen LogP contribution in [0.3, 0.4) is 0 Å². The quantitative estimate of drug-likeness (QED) is 0.227. The third-order valence-corrected chi connectivity index (χ3v) is 6.78. The molecule has 0 unspecified atom stereocenters. The van der Waals surface area contributed by atoms with Gasteiger partial charge in [0.25, 0.3) is 0 Å². The van der Waals surface area contributed by atoms with E-state index < -0.39 is 0 Å². The van der Waals surface area contributed by atoms with Crippen molar-refractivity contribution in [3.8, 4) is 44.8 Å². The van der Waals surface area contributed by atoms with Crippen LogP contribution in [-0.4, -0.2) is 9.97 Å². The number of nitrogens with zero attached hydrogens (tertiary/aromatic N) is 2. The molecule has 1 aromatic heterocycles. The SMILES string of the molecule is Brc1ccccc1-c1ccc(-c2cc(-c3ccc(-c4ccccc4Br)cc3)ncn2)cc1. The van der Waals surface area contributed by atoms with Crippen molar-refractivity contribution < 1.29 is 0 Å². The van der Waals surface area contributed by atoms with Gasteiger partial charge in [-0.3, -0.25) is 0 Å². The predicted octanol–water partition coefficient (Wildman–Crippen LogP) is 8.67. The van der Waals surface area contributed by atoms with E-state index in [0.29, 0.717) is 0 Å². The Bertz CT molecular complexity index is 1270. The Kier molecular flexibility index (Phi) is 5.97. The third-order valence-electron chi connectivity index (χ3n) is 5.40. The molecule has 0 aliphatic carbocycles. The molecule has 0 aliphatic rings. The molecule has 0 aliphatic heterocycles. The summed E-state index contributed by atoms with van der Waals surface area (Å²) in [7, 11) is 0. The van der Waals surface area contributed by atoms with Gasteiger partial charge >= 0.3 is 0 Å². The lowest BCUT2D eigenvalue weighted by atomic mass is 10.0. The molecule has 1 heterocycles. The summed E-state index contributed by atoms with van der Waals surface area (Å²) in [6, 6.07) is 35.5. The van der Waals surface area contributed by atoms with Crippen LogP contribution < -0.4 is 0 Å². The van der Waals surface area contributed by atoms with Crippen LogP contribution in [0.25, 0.3) is 44.8 Å². The van der Waals surface area contributed by atoms with E-state index in [2.05, 4.69) is 115 Å². The lowest BCUT2D eigenvalue weighted by Gasteiger charge is -2.08. The monoisotopic (exact) mass is 540 g/mol. The smallest absolute Gasteiger partial charge is 0.116 e. The van der Waals surface area contributed by atoms with Gasteiger partial charge in [-0.2, -0.15) is 0 Å². The zero-order valence-corrected chi connectivity index (χ0v) is 20.2. The summed E-state index contributed by atoms with van der Waals surface area (Å²) in [5.41, 5.74) is 8.62. The molecule has 0 saturated carbocycles. The maximum absolute atomic E-state index is 4.51. The zero-order chi connectivity index (χ0) is 21.9. The molecule has 154 valence electrons. The van der Waals surface area contributed by atoms with Crippen molar-refractivity contribution in [3.05, 3.63) is 118 Å². The van der Waals surface area contributed by atoms with E-state index in [0.717, 1.165) is 42.6 Å². The normalized spacial score (nSPS) is 10.8. The van der Waals surface area contributed by atoms with Crippen LogP contribution in [0.1, 0.15) is 0 Å². The highest BCUT2D eigenvalue weighted by Crippen LogP contribution is 2.32. The summed E-state index contributed by atoms with van der Waals surface area (Å²) in [4.78, 5) is 9.01. The zero-order valence-electron chi connectivity index (χ0n) is 17.0. The van der Waals surface area contributed by atoms with Crippen LogP contribution in [0.4, 0.5) is 0 Å². The number of halogens is 2. The van der Waals surface area contributed by atoms with Crippen LogP contribution >= 0.6 is 31.9 Å². The van der Waals surface area contributed by atoms with E-state index in [1.807, 2.05) is 30.3 Å². The minimum Gasteiger partial charge on any atom is -0.236 e. The molecular weight excluding hydrogens is 524 g/mol. The molecule has 5 rings (SSSR count). The summed E-state index contributed by atoms with van der Waals surface area (Å²) < 4.78 is 2.17. The molecule has 0 fully saturated rings. The second-order valence-electron chi connectivity index (χ2n) is 7.40. The number of aromatic nitrogens is 2. The topological polar surface area (TPSA) is 25.8 Å². The molecule has 5 aromatic rings. The summed E-state index contributed by atoms with van der Waals surface area (Å²) in [5.74, 6) is 0. The Balaban J connectivity index is 1.43. The van der Waals surface area contributed by atoms with Crippen molar-refractivity contribution in [2.24, 2.45) is 0 Å². The van der Waals surface area contributed by atoms with Crippen molar-refractivity contribution in [3.63, 3.8) is 0 Å². The molecule has 4 aromatic carbocycles. The molecule has 0 amide bonds. The van der Waals surface area contributed by atoms with Gasteiger partial charge in [0.05, 0.1) is 11.4 Å². The first kappa shape index (κ1) is 20.8. The van der Waals surface area contributed by atoms with Gasteiger partial charge in [0.1, 0.15) is 6.33 Å². The second kappa shape index (κ2) is 9.19. The van der Waals surface area contributed by atoms with Gasteiger partial charge in [-0.05, 0) is 40.5 Å². The summed E-state index contributed by atoms with van der Waals surface area (Å²) in [6.07, 6.45) is 1.63. The Morgan fingerprint density at radius 1 is 0.438 bits per heavy atom. The molecule has 0 saturated heterocycles. The average molecular weight is 542 g/mol. The van der Waals surface area contributed by atoms with E-state index in [1.54, 1.807) is 6.33 Å². The molecule has 4 heteroatoms. The molecule has 0 radical (unpaired) electrons. The number of benzene rings is 4. The van der Waals surface area contributed by atoms with Crippen LogP contribution in [0.2, 0.25) is 0 Å². The fourth-order valence-corrected chi connectivity index (χ4v) is 4.73. The molecular formula is C28H18Br2N2. The summed E-state index contributed by atoms with van der Waals surface area (Å²) in [5, 5.41) is 0. The standard InChI is InChI=1S/C28H18Br2N2/c29-25-7-3-1-5-23(25)19-9-13-21(14-10-19)27-17-28(32-18-31-27)22-15-11-20(12-16-22)24-6-2-4-8-26(24)30/h1-18H. The van der Waals surface area contributed by atoms with Gasteiger partial charge < -0.3 is 0 Å². The van der Waals surface area contributed by atoms with Gasteiger partial charge in [0, 0.05) is 20.1 Å². The van der Waals surface area contributed by atoms with Gasteiger partial charge in [-0.1, -0.05) is 117 Å². The number of hydrogen-bond acceptors (Lipinski definition) is 2. The van der Waals surface area contributed by atoms with E-state index in [4.69, 9.17) is 0 Å². The lowest BCUT2D eigenvalue weighted by Crippen LogP contribution is -1.90. The van der Waals surface area contributed by atoms with Gasteiger partial charge in [-0.15, -0.1) is 0 Å². The van der Waals surface area contributed by atoms with Gasteiger partial charge in [-0.25, -0.2) is 9.97 Å².